The third-order valence-corrected chi connectivity index (χ3v) is 4.59. The molecule has 5 nitrogen and oxygen atoms in total. The third-order valence-electron chi connectivity index (χ3n) is 4.59. The number of esters is 1. The summed E-state index contributed by atoms with van der Waals surface area (Å²) >= 11 is 0. The Labute approximate surface area is 154 Å². The summed E-state index contributed by atoms with van der Waals surface area (Å²) in [6.45, 7) is 9.57. The minimum absolute atomic E-state index is 0.348. The fraction of sp³-hybridized carbons (Fsp3) is 0.850. The maximum atomic E-state index is 12.3. The summed E-state index contributed by atoms with van der Waals surface area (Å²) in [6, 6.07) is 0. The van der Waals surface area contributed by atoms with E-state index in [0.29, 0.717) is 18.4 Å². The van der Waals surface area contributed by atoms with Gasteiger partial charge in [0.15, 0.2) is 5.60 Å². The summed E-state index contributed by atoms with van der Waals surface area (Å²) in [7, 11) is 4.52. The van der Waals surface area contributed by atoms with E-state index in [9.17, 15) is 4.79 Å². The average Bonchev–Trinajstić information content (AvgIpc) is 2.60. The monoisotopic (exact) mass is 358 g/mol. The second-order valence-electron chi connectivity index (χ2n) is 6.60. The minimum atomic E-state index is -1.43. The van der Waals surface area contributed by atoms with Crippen LogP contribution in [0.25, 0.3) is 0 Å². The van der Waals surface area contributed by atoms with Crippen LogP contribution in [0.5, 0.6) is 0 Å². The lowest BCUT2D eigenvalue weighted by molar-refractivity contribution is -0.421. The van der Waals surface area contributed by atoms with E-state index in [2.05, 4.69) is 13.5 Å². The lowest BCUT2D eigenvalue weighted by Crippen LogP contribution is -2.60. The van der Waals surface area contributed by atoms with Gasteiger partial charge in [-0.3, -0.25) is 0 Å². The van der Waals surface area contributed by atoms with Gasteiger partial charge in [0.05, 0.1) is 0 Å². The Bertz CT molecular complexity index is 381. The van der Waals surface area contributed by atoms with E-state index in [1.807, 2.05) is 6.92 Å². The molecule has 0 aliphatic carbocycles. The Morgan fingerprint density at radius 3 is 1.80 bits per heavy atom. The van der Waals surface area contributed by atoms with Crippen molar-refractivity contribution in [3.8, 4) is 0 Å². The number of ether oxygens (including phenoxy) is 4. The maximum Gasteiger partial charge on any atom is 0.333 e. The van der Waals surface area contributed by atoms with Crippen molar-refractivity contribution in [1.82, 2.24) is 0 Å². The van der Waals surface area contributed by atoms with Gasteiger partial charge in [-0.1, -0.05) is 59.0 Å². The van der Waals surface area contributed by atoms with Gasteiger partial charge in [-0.15, -0.1) is 0 Å². The molecule has 0 spiro atoms. The van der Waals surface area contributed by atoms with E-state index in [0.717, 1.165) is 19.3 Å². The van der Waals surface area contributed by atoms with Crippen LogP contribution in [-0.4, -0.2) is 38.9 Å². The van der Waals surface area contributed by atoms with Crippen molar-refractivity contribution in [3.63, 3.8) is 0 Å². The van der Waals surface area contributed by atoms with Gasteiger partial charge in [-0.05, 0) is 26.2 Å². The Morgan fingerprint density at radius 2 is 1.36 bits per heavy atom. The first-order valence-corrected chi connectivity index (χ1v) is 9.42. The molecule has 5 heteroatoms. The minimum Gasteiger partial charge on any atom is -0.447 e. The van der Waals surface area contributed by atoms with Gasteiger partial charge in [0.25, 0.3) is 0 Å². The largest absolute Gasteiger partial charge is 0.447 e. The molecule has 0 aliphatic rings. The summed E-state index contributed by atoms with van der Waals surface area (Å²) in [6.07, 6.45) is 8.85. The highest BCUT2D eigenvalue weighted by Crippen LogP contribution is 2.40. The highest BCUT2D eigenvalue weighted by molar-refractivity contribution is 5.87. The van der Waals surface area contributed by atoms with Crippen molar-refractivity contribution in [1.29, 1.82) is 0 Å². The number of rotatable bonds is 15. The number of hydrogen-bond donors (Lipinski definition) is 0. The van der Waals surface area contributed by atoms with Crippen molar-refractivity contribution >= 4 is 5.97 Å². The molecule has 0 fully saturated rings. The van der Waals surface area contributed by atoms with Gasteiger partial charge in [0.1, 0.15) is 0 Å². The standard InChI is InChI=1S/C20H38O5/c1-8-10-11-12-13-14-16-19(15-9-2,25-18(21)17(3)4)20(22-5,23-6)24-7/h3,8-16H2,1-2,4-7H3. The normalized spacial score (nSPS) is 14.2. The molecular formula is C20H38O5. The molecule has 0 amide bonds. The van der Waals surface area contributed by atoms with E-state index in [1.165, 1.54) is 47.0 Å². The predicted octanol–water partition coefficient (Wildman–Crippen LogP) is 4.99. The summed E-state index contributed by atoms with van der Waals surface area (Å²) < 4.78 is 22.6. The molecular weight excluding hydrogens is 320 g/mol. The molecule has 0 aromatic carbocycles. The first-order chi connectivity index (χ1) is 11.9. The van der Waals surface area contributed by atoms with E-state index >= 15 is 0 Å². The average molecular weight is 359 g/mol. The molecule has 0 bridgehead atoms. The molecule has 25 heavy (non-hydrogen) atoms. The fourth-order valence-electron chi connectivity index (χ4n) is 3.26. The van der Waals surface area contributed by atoms with Crippen LogP contribution in [0, 0.1) is 0 Å². The highest BCUT2D eigenvalue weighted by Gasteiger charge is 2.56. The molecule has 0 aromatic heterocycles. The second-order valence-corrected chi connectivity index (χ2v) is 6.60. The quantitative estimate of drug-likeness (QED) is 0.179. The molecule has 0 heterocycles. The summed E-state index contributed by atoms with van der Waals surface area (Å²) in [5, 5.41) is 0. The fourth-order valence-corrected chi connectivity index (χ4v) is 3.26. The summed E-state index contributed by atoms with van der Waals surface area (Å²) in [5.74, 6) is -1.88. The third kappa shape index (κ3) is 6.72. The summed E-state index contributed by atoms with van der Waals surface area (Å²) in [4.78, 5) is 12.3. The van der Waals surface area contributed by atoms with Crippen LogP contribution < -0.4 is 0 Å². The topological polar surface area (TPSA) is 54.0 Å². The Balaban J connectivity index is 5.40. The van der Waals surface area contributed by atoms with Crippen molar-refractivity contribution in [2.45, 2.75) is 90.1 Å². The van der Waals surface area contributed by atoms with Gasteiger partial charge < -0.3 is 18.9 Å². The first-order valence-electron chi connectivity index (χ1n) is 9.42. The van der Waals surface area contributed by atoms with Crippen molar-refractivity contribution in [2.75, 3.05) is 21.3 Å². The SMILES string of the molecule is C=C(C)C(=O)OC(CCC)(CCCCCCCC)C(OC)(OC)OC. The van der Waals surface area contributed by atoms with Crippen LogP contribution in [0.3, 0.4) is 0 Å². The zero-order valence-corrected chi connectivity index (χ0v) is 17.1. The zero-order chi connectivity index (χ0) is 19.3. The van der Waals surface area contributed by atoms with Crippen LogP contribution in [0.4, 0.5) is 0 Å². The predicted molar refractivity (Wildman–Crippen MR) is 100 cm³/mol. The number of unbranched alkanes of at least 4 members (excludes halogenated alkanes) is 5. The van der Waals surface area contributed by atoms with Crippen LogP contribution in [-0.2, 0) is 23.7 Å². The molecule has 0 radical (unpaired) electrons. The van der Waals surface area contributed by atoms with E-state index in [1.54, 1.807) is 6.92 Å². The van der Waals surface area contributed by atoms with Gasteiger partial charge in [-0.2, -0.15) is 0 Å². The molecule has 0 aromatic rings. The van der Waals surface area contributed by atoms with E-state index in [4.69, 9.17) is 18.9 Å². The zero-order valence-electron chi connectivity index (χ0n) is 17.1. The number of methoxy groups -OCH3 is 3. The molecule has 0 aliphatic heterocycles. The van der Waals surface area contributed by atoms with Gasteiger partial charge in [0.2, 0.25) is 0 Å². The molecule has 0 saturated heterocycles. The van der Waals surface area contributed by atoms with Crippen LogP contribution in [0.1, 0.15) is 78.6 Å². The molecule has 0 rings (SSSR count). The van der Waals surface area contributed by atoms with Crippen molar-refractivity contribution < 1.29 is 23.7 Å². The molecule has 0 saturated carbocycles. The number of carbonyl (C=O) groups is 1. The summed E-state index contributed by atoms with van der Waals surface area (Å²) in [5.41, 5.74) is -0.665. The molecule has 1 unspecified atom stereocenters. The van der Waals surface area contributed by atoms with Crippen LogP contribution >= 0.6 is 0 Å². The van der Waals surface area contributed by atoms with Crippen molar-refractivity contribution in [3.05, 3.63) is 12.2 Å². The highest BCUT2D eigenvalue weighted by atomic mass is 16.9. The molecule has 0 N–H and O–H groups in total. The van der Waals surface area contributed by atoms with Crippen LogP contribution in [0.2, 0.25) is 0 Å². The number of hydrogen-bond acceptors (Lipinski definition) is 5. The van der Waals surface area contributed by atoms with Gasteiger partial charge in [-0.25, -0.2) is 4.79 Å². The Morgan fingerprint density at radius 1 is 0.840 bits per heavy atom. The second kappa shape index (κ2) is 12.4. The number of carbonyl (C=O) groups excluding carboxylic acids is 1. The van der Waals surface area contributed by atoms with E-state index in [-0.39, 0.29) is 0 Å². The smallest absolute Gasteiger partial charge is 0.333 e. The Kier molecular flexibility index (Phi) is 12.0. The van der Waals surface area contributed by atoms with Gasteiger partial charge in [0, 0.05) is 26.9 Å². The first kappa shape index (κ1) is 24.1. The van der Waals surface area contributed by atoms with Gasteiger partial charge >= 0.3 is 11.9 Å². The molecule has 1 atom stereocenters. The lowest BCUT2D eigenvalue weighted by atomic mass is 9.87. The van der Waals surface area contributed by atoms with Crippen molar-refractivity contribution in [2.24, 2.45) is 0 Å². The van der Waals surface area contributed by atoms with Crippen LogP contribution in [0.15, 0.2) is 12.2 Å². The van der Waals surface area contributed by atoms with E-state index < -0.39 is 17.5 Å². The maximum absolute atomic E-state index is 12.3. The molecule has 148 valence electrons. The Hall–Kier alpha value is -0.910. The lowest BCUT2D eigenvalue weighted by Gasteiger charge is -2.46.